The van der Waals surface area contributed by atoms with Crippen molar-refractivity contribution in [3.63, 3.8) is 0 Å². The first-order chi connectivity index (χ1) is 8.72. The Bertz CT molecular complexity index is 154. The smallest absolute Gasteiger partial charge is 0.00891 e. The number of rotatable bonds is 13. The predicted molar refractivity (Wildman–Crippen MR) is 84.2 cm³/mol. The van der Waals surface area contributed by atoms with E-state index in [2.05, 4.69) is 32.8 Å². The van der Waals surface area contributed by atoms with Crippen molar-refractivity contribution in [1.29, 1.82) is 0 Å². The van der Waals surface area contributed by atoms with Gasteiger partial charge in [0.2, 0.25) is 0 Å². The summed E-state index contributed by atoms with van der Waals surface area (Å²) in [6, 6.07) is 0.827. The van der Waals surface area contributed by atoms with Crippen LogP contribution >= 0.6 is 0 Å². The number of hydrogen-bond donors (Lipinski definition) is 0. The molecule has 0 spiro atoms. The Hall–Kier alpha value is -0.0400. The topological polar surface area (TPSA) is 3.24 Å². The average Bonchev–Trinajstić information content (AvgIpc) is 2.35. The van der Waals surface area contributed by atoms with Gasteiger partial charge in [-0.1, -0.05) is 78.1 Å². The zero-order chi connectivity index (χ0) is 13.6. The number of nitrogens with zero attached hydrogens (tertiary/aromatic N) is 1. The first kappa shape index (κ1) is 18.0. The normalized spacial score (nSPS) is 13.2. The van der Waals surface area contributed by atoms with Crippen molar-refractivity contribution in [3.8, 4) is 0 Å². The molecule has 0 amide bonds. The van der Waals surface area contributed by atoms with Gasteiger partial charge in [-0.2, -0.15) is 0 Å². The third kappa shape index (κ3) is 11.1. The Morgan fingerprint density at radius 1 is 0.611 bits per heavy atom. The van der Waals surface area contributed by atoms with E-state index in [1.165, 1.54) is 77.0 Å². The Morgan fingerprint density at radius 3 is 1.44 bits per heavy atom. The van der Waals surface area contributed by atoms with Gasteiger partial charge < -0.3 is 4.90 Å². The molecule has 0 aliphatic heterocycles. The van der Waals surface area contributed by atoms with Gasteiger partial charge in [0.1, 0.15) is 0 Å². The molecule has 1 nitrogen and oxygen atoms in total. The fourth-order valence-electron chi connectivity index (χ4n) is 2.63. The van der Waals surface area contributed by atoms with Gasteiger partial charge in [-0.3, -0.25) is 0 Å². The second-order valence-electron chi connectivity index (χ2n) is 6.02. The van der Waals surface area contributed by atoms with Crippen LogP contribution in [0, 0.1) is 0 Å². The van der Waals surface area contributed by atoms with Crippen molar-refractivity contribution in [2.75, 3.05) is 14.1 Å². The molecule has 110 valence electrons. The van der Waals surface area contributed by atoms with Gasteiger partial charge in [0.05, 0.1) is 0 Å². The summed E-state index contributed by atoms with van der Waals surface area (Å²) in [6.07, 6.45) is 17.0. The van der Waals surface area contributed by atoms with Crippen LogP contribution in [0.5, 0.6) is 0 Å². The molecule has 0 saturated carbocycles. The maximum Gasteiger partial charge on any atom is 0.00891 e. The summed E-state index contributed by atoms with van der Waals surface area (Å²) >= 11 is 0. The Morgan fingerprint density at radius 2 is 1.00 bits per heavy atom. The van der Waals surface area contributed by atoms with Crippen molar-refractivity contribution in [2.24, 2.45) is 0 Å². The van der Waals surface area contributed by atoms with Gasteiger partial charge in [-0.05, 0) is 26.9 Å². The molecule has 0 heterocycles. The van der Waals surface area contributed by atoms with Crippen LogP contribution in [0.4, 0.5) is 0 Å². The molecule has 1 heteroatoms. The van der Waals surface area contributed by atoms with Crippen LogP contribution in [0.1, 0.15) is 90.9 Å². The van der Waals surface area contributed by atoms with Gasteiger partial charge in [-0.15, -0.1) is 0 Å². The summed E-state index contributed by atoms with van der Waals surface area (Å²) < 4.78 is 0. The molecule has 0 unspecified atom stereocenters. The van der Waals surface area contributed by atoms with Gasteiger partial charge in [0.25, 0.3) is 0 Å². The van der Waals surface area contributed by atoms with Crippen molar-refractivity contribution in [2.45, 2.75) is 96.9 Å². The zero-order valence-corrected chi connectivity index (χ0v) is 13.5. The molecule has 0 aliphatic carbocycles. The zero-order valence-electron chi connectivity index (χ0n) is 13.5. The molecule has 0 bridgehead atoms. The van der Waals surface area contributed by atoms with E-state index in [0.717, 1.165) is 6.04 Å². The van der Waals surface area contributed by atoms with E-state index in [1.54, 1.807) is 0 Å². The van der Waals surface area contributed by atoms with Crippen LogP contribution < -0.4 is 0 Å². The molecule has 0 aromatic rings. The van der Waals surface area contributed by atoms with Gasteiger partial charge >= 0.3 is 0 Å². The Kier molecular flexibility index (Phi) is 13.4. The minimum absolute atomic E-state index is 0.827. The first-order valence-corrected chi connectivity index (χ1v) is 8.38. The lowest BCUT2D eigenvalue weighted by Crippen LogP contribution is -2.27. The minimum atomic E-state index is 0.827. The van der Waals surface area contributed by atoms with E-state index in [0.29, 0.717) is 0 Å². The fourth-order valence-corrected chi connectivity index (χ4v) is 2.63. The predicted octanol–water partition coefficient (Wildman–Crippen LogP) is 5.64. The van der Waals surface area contributed by atoms with Crippen LogP contribution in [-0.4, -0.2) is 25.0 Å². The highest BCUT2D eigenvalue weighted by molar-refractivity contribution is 4.66. The van der Waals surface area contributed by atoms with Gasteiger partial charge in [0, 0.05) is 6.04 Å². The van der Waals surface area contributed by atoms with Crippen molar-refractivity contribution in [1.82, 2.24) is 4.90 Å². The van der Waals surface area contributed by atoms with Crippen molar-refractivity contribution < 1.29 is 0 Å². The van der Waals surface area contributed by atoms with E-state index in [-0.39, 0.29) is 0 Å². The quantitative estimate of drug-likeness (QED) is 0.385. The van der Waals surface area contributed by atoms with Crippen LogP contribution in [0.15, 0.2) is 0 Å². The van der Waals surface area contributed by atoms with Gasteiger partial charge in [0.15, 0.2) is 0 Å². The fraction of sp³-hybridized carbons (Fsp3) is 1.00. The van der Waals surface area contributed by atoms with E-state index in [9.17, 15) is 0 Å². The SMILES string of the molecule is CCCCCCCC[C@@H](CCCCCC)N(C)C. The molecule has 0 N–H and O–H groups in total. The molecular formula is C17H37N. The largest absolute Gasteiger partial charge is 0.306 e. The average molecular weight is 255 g/mol. The van der Waals surface area contributed by atoms with Crippen LogP contribution in [0.2, 0.25) is 0 Å². The maximum atomic E-state index is 2.44. The summed E-state index contributed by atoms with van der Waals surface area (Å²) in [6.45, 7) is 4.58. The summed E-state index contributed by atoms with van der Waals surface area (Å²) in [5.41, 5.74) is 0. The molecule has 0 aromatic carbocycles. The van der Waals surface area contributed by atoms with E-state index in [1.807, 2.05) is 0 Å². The molecule has 0 aromatic heterocycles. The summed E-state index contributed by atoms with van der Waals surface area (Å²) in [5, 5.41) is 0. The highest BCUT2D eigenvalue weighted by Crippen LogP contribution is 2.16. The lowest BCUT2D eigenvalue weighted by atomic mass is 10.00. The molecular weight excluding hydrogens is 218 g/mol. The third-order valence-electron chi connectivity index (χ3n) is 4.01. The monoisotopic (exact) mass is 255 g/mol. The molecule has 0 saturated heterocycles. The molecule has 1 atom stereocenters. The van der Waals surface area contributed by atoms with E-state index < -0.39 is 0 Å². The number of hydrogen-bond acceptors (Lipinski definition) is 1. The number of unbranched alkanes of at least 4 members (excludes halogenated alkanes) is 8. The lowest BCUT2D eigenvalue weighted by molar-refractivity contribution is 0.251. The van der Waals surface area contributed by atoms with E-state index in [4.69, 9.17) is 0 Å². The Balaban J connectivity index is 3.51. The van der Waals surface area contributed by atoms with Crippen LogP contribution in [-0.2, 0) is 0 Å². The maximum absolute atomic E-state index is 2.44. The summed E-state index contributed by atoms with van der Waals surface area (Å²) in [7, 11) is 4.50. The minimum Gasteiger partial charge on any atom is -0.306 e. The van der Waals surface area contributed by atoms with Crippen LogP contribution in [0.3, 0.4) is 0 Å². The summed E-state index contributed by atoms with van der Waals surface area (Å²) in [4.78, 5) is 2.44. The standard InChI is InChI=1S/C17H37N/c1-5-7-9-11-12-14-16-17(18(3)4)15-13-10-8-6-2/h17H,5-16H2,1-4H3/t17-/m1/s1. The molecule has 0 aliphatic rings. The highest BCUT2D eigenvalue weighted by atomic mass is 15.1. The third-order valence-corrected chi connectivity index (χ3v) is 4.01. The Labute approximate surface area is 116 Å². The lowest BCUT2D eigenvalue weighted by Gasteiger charge is -2.24. The van der Waals surface area contributed by atoms with Crippen molar-refractivity contribution >= 4 is 0 Å². The van der Waals surface area contributed by atoms with Gasteiger partial charge in [-0.25, -0.2) is 0 Å². The summed E-state index contributed by atoms with van der Waals surface area (Å²) in [5.74, 6) is 0. The van der Waals surface area contributed by atoms with Crippen LogP contribution in [0.25, 0.3) is 0 Å². The molecule has 0 fully saturated rings. The molecule has 0 rings (SSSR count). The van der Waals surface area contributed by atoms with E-state index >= 15 is 0 Å². The first-order valence-electron chi connectivity index (χ1n) is 8.38. The molecule has 0 radical (unpaired) electrons. The van der Waals surface area contributed by atoms with Crippen molar-refractivity contribution in [3.05, 3.63) is 0 Å². The second-order valence-corrected chi connectivity index (χ2v) is 6.02. The second kappa shape index (κ2) is 13.4. The molecule has 18 heavy (non-hydrogen) atoms. The highest BCUT2D eigenvalue weighted by Gasteiger charge is 2.10.